The number of nitrogens with one attached hydrogen (secondary N) is 1. The number of halogens is 2. The summed E-state index contributed by atoms with van der Waals surface area (Å²) in [6, 6.07) is 4.93. The molecule has 0 bridgehead atoms. The monoisotopic (exact) mass is 311 g/mol. The highest BCUT2D eigenvalue weighted by molar-refractivity contribution is 6.31. The number of aromatic nitrogens is 2. The molecule has 0 aliphatic rings. The van der Waals surface area contributed by atoms with Gasteiger partial charge in [0.05, 0.1) is 16.4 Å². The third-order valence-electron chi connectivity index (χ3n) is 3.24. The second kappa shape index (κ2) is 6.91. The van der Waals surface area contributed by atoms with Crippen LogP contribution in [0.5, 0.6) is 5.75 Å². The van der Waals surface area contributed by atoms with Crippen molar-refractivity contribution in [3.8, 4) is 5.75 Å². The Morgan fingerprint density at radius 1 is 1.43 bits per heavy atom. The van der Waals surface area contributed by atoms with Gasteiger partial charge in [0.15, 0.2) is 11.6 Å². The van der Waals surface area contributed by atoms with Crippen LogP contribution in [0.3, 0.4) is 0 Å². The molecule has 0 saturated carbocycles. The molecule has 1 aromatic heterocycles. The fourth-order valence-electron chi connectivity index (χ4n) is 2.10. The van der Waals surface area contributed by atoms with Crippen molar-refractivity contribution in [1.82, 2.24) is 15.1 Å². The first-order chi connectivity index (χ1) is 10.1. The van der Waals surface area contributed by atoms with E-state index in [0.29, 0.717) is 11.6 Å². The van der Waals surface area contributed by atoms with Gasteiger partial charge in [0.25, 0.3) is 0 Å². The molecule has 1 aromatic carbocycles. The van der Waals surface area contributed by atoms with E-state index in [-0.39, 0.29) is 18.2 Å². The largest absolute Gasteiger partial charge is 0.484 e. The molecule has 2 rings (SSSR count). The molecule has 0 atom stereocenters. The van der Waals surface area contributed by atoms with Crippen molar-refractivity contribution >= 4 is 11.6 Å². The van der Waals surface area contributed by atoms with E-state index in [1.165, 1.54) is 6.07 Å². The van der Waals surface area contributed by atoms with Gasteiger partial charge < -0.3 is 10.1 Å². The zero-order valence-electron chi connectivity index (χ0n) is 12.4. The molecule has 0 spiro atoms. The molecule has 2 aromatic rings. The molecule has 0 aliphatic heterocycles. The topological polar surface area (TPSA) is 39.1 Å². The predicted octanol–water partition coefficient (Wildman–Crippen LogP) is 3.07. The first-order valence-electron chi connectivity index (χ1n) is 6.82. The Morgan fingerprint density at radius 3 is 2.76 bits per heavy atom. The lowest BCUT2D eigenvalue weighted by atomic mass is 10.2. The summed E-state index contributed by atoms with van der Waals surface area (Å²) in [5.74, 6) is -0.165. The Balaban J connectivity index is 2.11. The van der Waals surface area contributed by atoms with Gasteiger partial charge in [0, 0.05) is 13.6 Å². The molecule has 1 N–H and O–H groups in total. The van der Waals surface area contributed by atoms with Crippen LogP contribution in [0.2, 0.25) is 5.02 Å². The second-order valence-corrected chi connectivity index (χ2v) is 5.15. The minimum absolute atomic E-state index is 0.185. The molecular formula is C15H19ClFN3O. The quantitative estimate of drug-likeness (QED) is 0.891. The molecule has 0 unspecified atom stereocenters. The van der Waals surface area contributed by atoms with Crippen molar-refractivity contribution in [1.29, 1.82) is 0 Å². The maximum absolute atomic E-state index is 13.9. The van der Waals surface area contributed by atoms with E-state index >= 15 is 0 Å². The molecule has 0 radical (unpaired) electrons. The number of aryl methyl sites for hydroxylation is 2. The summed E-state index contributed by atoms with van der Waals surface area (Å²) in [6.07, 6.45) is 0.750. The molecule has 114 valence electrons. The van der Waals surface area contributed by atoms with Crippen LogP contribution >= 0.6 is 11.6 Å². The summed E-state index contributed by atoms with van der Waals surface area (Å²) in [5.41, 5.74) is 2.43. The lowest BCUT2D eigenvalue weighted by molar-refractivity contribution is 0.280. The number of hydrogen-bond acceptors (Lipinski definition) is 3. The summed E-state index contributed by atoms with van der Waals surface area (Å²) < 4.78 is 21.2. The van der Waals surface area contributed by atoms with Crippen LogP contribution in [0.1, 0.15) is 23.9 Å². The summed E-state index contributed by atoms with van der Waals surface area (Å²) in [4.78, 5) is 0. The van der Waals surface area contributed by atoms with Crippen molar-refractivity contribution < 1.29 is 9.13 Å². The average Bonchev–Trinajstić information content (AvgIpc) is 2.73. The molecule has 6 heteroatoms. The van der Waals surface area contributed by atoms with Gasteiger partial charge in [0.1, 0.15) is 6.61 Å². The van der Waals surface area contributed by atoms with Crippen LogP contribution in [0.25, 0.3) is 0 Å². The third-order valence-corrected chi connectivity index (χ3v) is 3.68. The normalized spacial score (nSPS) is 10.9. The van der Waals surface area contributed by atoms with E-state index in [2.05, 4.69) is 10.4 Å². The highest BCUT2D eigenvalue weighted by Crippen LogP contribution is 2.24. The molecule has 4 nitrogen and oxygen atoms in total. The van der Waals surface area contributed by atoms with Gasteiger partial charge in [-0.15, -0.1) is 0 Å². The van der Waals surface area contributed by atoms with Crippen LogP contribution in [0.4, 0.5) is 4.39 Å². The molecule has 0 amide bonds. The SMILES string of the molecule is CCc1nn(C)c(COc2ccc(CNC)cc2F)c1Cl. The molecule has 0 aliphatic carbocycles. The van der Waals surface area contributed by atoms with Crippen LogP contribution in [0.15, 0.2) is 18.2 Å². The zero-order valence-corrected chi connectivity index (χ0v) is 13.2. The standard InChI is InChI=1S/C15H19ClFN3O/c1-4-12-15(16)13(20(3)19-12)9-21-14-6-5-10(8-18-2)7-11(14)17/h5-7,18H,4,8-9H2,1-3H3. The summed E-state index contributed by atoms with van der Waals surface area (Å²) in [5, 5.41) is 7.87. The van der Waals surface area contributed by atoms with Crippen LogP contribution < -0.4 is 10.1 Å². The van der Waals surface area contributed by atoms with Gasteiger partial charge in [-0.2, -0.15) is 5.10 Å². The number of benzene rings is 1. The first kappa shape index (κ1) is 15.8. The fourth-order valence-corrected chi connectivity index (χ4v) is 2.45. The zero-order chi connectivity index (χ0) is 15.4. The first-order valence-corrected chi connectivity index (χ1v) is 7.20. The minimum Gasteiger partial charge on any atom is -0.484 e. The number of hydrogen-bond donors (Lipinski definition) is 1. The van der Waals surface area contributed by atoms with Gasteiger partial charge in [-0.25, -0.2) is 4.39 Å². The number of ether oxygens (including phenoxy) is 1. The lowest BCUT2D eigenvalue weighted by Gasteiger charge is -2.09. The highest BCUT2D eigenvalue weighted by atomic mass is 35.5. The van der Waals surface area contributed by atoms with Crippen molar-refractivity contribution in [2.45, 2.75) is 26.5 Å². The molecule has 21 heavy (non-hydrogen) atoms. The third kappa shape index (κ3) is 3.54. The van der Waals surface area contributed by atoms with Crippen molar-refractivity contribution in [3.63, 3.8) is 0 Å². The van der Waals surface area contributed by atoms with Crippen LogP contribution in [-0.2, 0) is 26.6 Å². The van der Waals surface area contributed by atoms with Gasteiger partial charge in [0.2, 0.25) is 0 Å². The summed E-state index contributed by atoms with van der Waals surface area (Å²) in [7, 11) is 3.62. The maximum atomic E-state index is 13.9. The Bertz CT molecular complexity index is 628. The van der Waals surface area contributed by atoms with Gasteiger partial charge in [-0.05, 0) is 31.2 Å². The lowest BCUT2D eigenvalue weighted by Crippen LogP contribution is -2.07. The van der Waals surface area contributed by atoms with E-state index in [9.17, 15) is 4.39 Å². The molecule has 0 saturated heterocycles. The number of rotatable bonds is 6. The maximum Gasteiger partial charge on any atom is 0.165 e. The fraction of sp³-hybridized carbons (Fsp3) is 0.400. The van der Waals surface area contributed by atoms with Crippen LogP contribution in [-0.4, -0.2) is 16.8 Å². The molecule has 0 fully saturated rings. The van der Waals surface area contributed by atoms with E-state index in [1.807, 2.05) is 20.0 Å². The highest BCUT2D eigenvalue weighted by Gasteiger charge is 2.14. The van der Waals surface area contributed by atoms with Crippen LogP contribution in [0, 0.1) is 5.82 Å². The summed E-state index contributed by atoms with van der Waals surface area (Å²) >= 11 is 6.24. The summed E-state index contributed by atoms with van der Waals surface area (Å²) in [6.45, 7) is 2.79. The van der Waals surface area contributed by atoms with Gasteiger partial charge in [-0.3, -0.25) is 4.68 Å². The van der Waals surface area contributed by atoms with Crippen molar-refractivity contribution in [3.05, 3.63) is 46.0 Å². The Morgan fingerprint density at radius 2 is 2.19 bits per heavy atom. The number of nitrogens with zero attached hydrogens (tertiary/aromatic N) is 2. The molecular weight excluding hydrogens is 293 g/mol. The second-order valence-electron chi connectivity index (χ2n) is 4.77. The molecule has 1 heterocycles. The smallest absolute Gasteiger partial charge is 0.165 e. The predicted molar refractivity (Wildman–Crippen MR) is 81.1 cm³/mol. The van der Waals surface area contributed by atoms with E-state index in [1.54, 1.807) is 17.8 Å². The van der Waals surface area contributed by atoms with Gasteiger partial charge in [-0.1, -0.05) is 24.6 Å². The van der Waals surface area contributed by atoms with Gasteiger partial charge >= 0.3 is 0 Å². The van der Waals surface area contributed by atoms with E-state index < -0.39 is 0 Å². The van der Waals surface area contributed by atoms with Crippen molar-refractivity contribution in [2.24, 2.45) is 7.05 Å². The van der Waals surface area contributed by atoms with E-state index in [0.717, 1.165) is 23.4 Å². The minimum atomic E-state index is -0.378. The van der Waals surface area contributed by atoms with Crippen molar-refractivity contribution in [2.75, 3.05) is 7.05 Å². The Hall–Kier alpha value is -1.59. The average molecular weight is 312 g/mol. The van der Waals surface area contributed by atoms with E-state index in [4.69, 9.17) is 16.3 Å². The Kier molecular flexibility index (Phi) is 5.20. The Labute approximate surface area is 128 Å².